The lowest BCUT2D eigenvalue weighted by atomic mass is 9.33. The van der Waals surface area contributed by atoms with E-state index in [-0.39, 0.29) is 60.9 Å². The fourth-order valence-electron chi connectivity index (χ4n) is 23.5. The van der Waals surface area contributed by atoms with Crippen molar-refractivity contribution < 1.29 is 0 Å². The summed E-state index contributed by atoms with van der Waals surface area (Å²) >= 11 is 8.21. The zero-order chi connectivity index (χ0) is 83.9. The number of anilines is 12. The van der Waals surface area contributed by atoms with Crippen LogP contribution in [0.2, 0.25) is 5.02 Å². The summed E-state index contributed by atoms with van der Waals surface area (Å²) in [5.41, 5.74) is 33.0. The summed E-state index contributed by atoms with van der Waals surface area (Å²) < 4.78 is 0. The first-order valence-corrected chi connectivity index (χ1v) is 45.8. The van der Waals surface area contributed by atoms with Crippen molar-refractivity contribution in [2.45, 2.75) is 297 Å². The van der Waals surface area contributed by atoms with Gasteiger partial charge in [-0.1, -0.05) is 275 Å². The van der Waals surface area contributed by atoms with Gasteiger partial charge in [-0.25, -0.2) is 0 Å². The molecule has 0 saturated heterocycles. The third-order valence-corrected chi connectivity index (χ3v) is 29.8. The number of nitrogens with zero attached hydrogens (tertiary/aromatic N) is 4. The molecule has 0 amide bonds. The molecule has 8 fully saturated rings. The third-order valence-electron chi connectivity index (χ3n) is 29.4. The Morgan fingerprint density at radius 3 is 0.797 bits per heavy atom. The summed E-state index contributed by atoms with van der Waals surface area (Å²) in [5.74, 6) is 5.04. The summed E-state index contributed by atoms with van der Waals surface area (Å²) in [4.78, 5) is 10.4. The summed E-state index contributed by atoms with van der Waals surface area (Å²) in [6.45, 7) is 56.2. The molecule has 10 aromatic carbocycles. The van der Waals surface area contributed by atoms with E-state index in [1.165, 1.54) is 178 Å². The van der Waals surface area contributed by atoms with Crippen LogP contribution in [0.4, 0.5) is 68.2 Å². The van der Waals surface area contributed by atoms with Crippen molar-refractivity contribution in [1.29, 1.82) is 0 Å². The van der Waals surface area contributed by atoms with E-state index in [0.717, 1.165) is 74.7 Å². The van der Waals surface area contributed by atoms with Gasteiger partial charge in [-0.3, -0.25) is 0 Å². The second-order valence-corrected chi connectivity index (χ2v) is 47.2. The van der Waals surface area contributed by atoms with Gasteiger partial charge < -0.3 is 19.6 Å². The van der Waals surface area contributed by atoms with Crippen LogP contribution in [0.15, 0.2) is 206 Å². The fourth-order valence-corrected chi connectivity index (χ4v) is 23.7. The largest absolute Gasteiger partial charge is 0.311 e. The minimum atomic E-state index is -0.0160. The molecule has 10 aliphatic rings. The van der Waals surface area contributed by atoms with Crippen molar-refractivity contribution in [2.75, 3.05) is 19.6 Å². The number of hydrogen-bond acceptors (Lipinski definition) is 4. The minimum Gasteiger partial charge on any atom is -0.311 e. The Labute approximate surface area is 717 Å². The van der Waals surface area contributed by atoms with Crippen LogP contribution < -0.4 is 36.0 Å². The van der Waals surface area contributed by atoms with Crippen LogP contribution >= 0.6 is 11.6 Å². The van der Waals surface area contributed by atoms with Crippen LogP contribution in [-0.4, -0.2) is 6.71 Å². The zero-order valence-corrected chi connectivity index (χ0v) is 77.1. The molecule has 0 spiro atoms. The van der Waals surface area contributed by atoms with E-state index in [0.29, 0.717) is 0 Å². The van der Waals surface area contributed by atoms with Crippen LogP contribution in [0, 0.1) is 35.5 Å². The summed E-state index contributed by atoms with van der Waals surface area (Å²) in [6, 6.07) is 81.3. The van der Waals surface area contributed by atoms with Gasteiger partial charge in [0.25, 0.3) is 6.71 Å². The van der Waals surface area contributed by atoms with Crippen molar-refractivity contribution >= 4 is 103 Å². The Morgan fingerprint density at radius 2 is 0.525 bits per heavy atom. The molecule has 4 nitrogen and oxygen atoms in total. The molecule has 118 heavy (non-hydrogen) atoms. The molecule has 2 aliphatic heterocycles. The van der Waals surface area contributed by atoms with Crippen molar-refractivity contribution in [3.63, 3.8) is 0 Å². The lowest BCUT2D eigenvalue weighted by Crippen LogP contribution is -2.61. The molecule has 8 bridgehead atoms. The predicted molar refractivity (Wildman–Crippen MR) is 511 cm³/mol. The van der Waals surface area contributed by atoms with E-state index in [1.54, 1.807) is 5.56 Å². The monoisotopic (exact) mass is 1580 g/mol. The quantitative estimate of drug-likeness (QED) is 0.127. The molecule has 20 rings (SSSR count). The maximum atomic E-state index is 8.21. The minimum absolute atomic E-state index is 0.0153. The first-order chi connectivity index (χ1) is 55.3. The fraction of sp³-hybridized carbons (Fsp3) is 0.464. The van der Waals surface area contributed by atoms with E-state index >= 15 is 0 Å². The van der Waals surface area contributed by atoms with E-state index in [1.807, 2.05) is 0 Å². The Hall–Kier alpha value is -8.25. The van der Waals surface area contributed by atoms with Gasteiger partial charge in [0.05, 0.1) is 16.4 Å². The number of rotatable bonds is 10. The Morgan fingerprint density at radius 1 is 0.280 bits per heavy atom. The molecule has 0 unspecified atom stereocenters. The van der Waals surface area contributed by atoms with E-state index in [2.05, 4.69) is 392 Å². The molecule has 614 valence electrons. The molecule has 0 atom stereocenters. The van der Waals surface area contributed by atoms with Crippen molar-refractivity contribution in [3.05, 3.63) is 267 Å². The standard InChI is InChI=1S/C56H67BN2.C56H69ClN2/c1-52(2,3)38-15-13-17-43(26-38)58-47-28-40(54(7,8)9)19-21-45(47)57-46-22-20-41(55(10,11)12)29-48(46)59(44-18-14-16-39(27-44)53(4,5)6)50-31-42(30-49(58)51(50)57)56-32-35-23-36(33-56)25-37(24-35)34-56;1-52(2,3)40-17-13-21-45(28-40)58(46-22-14-18-41(29-46)53(4,5)6)49-32-44(56-34-37-25-38(35-56)27-39(26-37)36-56)33-50(51(49)57)59(47-23-15-19-42(30-47)54(7,8)9)48-24-16-20-43(31-48)55(10,11)12/h13-22,26-31,35-37H,23-25,32-34H2,1-12H3;13-24,28-33,37-39H,25-27,34-36H2,1-12H3. The Balaban J connectivity index is 0.000000169. The van der Waals surface area contributed by atoms with Crippen molar-refractivity contribution in [2.24, 2.45) is 35.5 Å². The molecule has 0 N–H and O–H groups in total. The predicted octanol–water partition coefficient (Wildman–Crippen LogP) is 30.4. The van der Waals surface area contributed by atoms with Gasteiger partial charge >= 0.3 is 0 Å². The molecule has 8 aliphatic carbocycles. The van der Waals surface area contributed by atoms with Crippen LogP contribution in [0.5, 0.6) is 0 Å². The van der Waals surface area contributed by atoms with Gasteiger partial charge in [0.15, 0.2) is 0 Å². The SMILES string of the molecule is CC(C)(C)c1cccc(N(c2cccc(C(C)(C)C)c2)c2cc(C34CC5CC(CC(C5)C3)C4)cc(N(c3cccc(C(C)(C)C)c3)c3cccc(C(C)(C)C)c3)c2Cl)c1.CC(C)(C)c1cccc(N2c3cc(C(C)(C)C)ccc3B3c4ccc(C(C)(C)C)cc4N(c4cccc(C(C)(C)C)c4)c4cc(C56CC7CC(CC(C7)C5)C6)cc2c43)c1. The van der Waals surface area contributed by atoms with E-state index in [9.17, 15) is 0 Å². The highest BCUT2D eigenvalue weighted by Gasteiger charge is 2.55. The number of hydrogen-bond donors (Lipinski definition) is 0. The summed E-state index contributed by atoms with van der Waals surface area (Å²) in [6.07, 6.45) is 16.4. The number of benzene rings is 10. The molecular weight excluding hydrogens is 1450 g/mol. The van der Waals surface area contributed by atoms with E-state index in [4.69, 9.17) is 11.6 Å². The second kappa shape index (κ2) is 29.0. The highest BCUT2D eigenvalue weighted by Crippen LogP contribution is 2.65. The van der Waals surface area contributed by atoms with Gasteiger partial charge in [-0.05, 0) is 348 Å². The molecule has 0 aromatic heterocycles. The zero-order valence-electron chi connectivity index (χ0n) is 76.3. The molecule has 0 radical (unpaired) electrons. The molecular formula is C112H136BClN4. The summed E-state index contributed by atoms with van der Waals surface area (Å²) in [5, 5.41) is 0.767. The van der Waals surface area contributed by atoms with Crippen molar-refractivity contribution in [1.82, 2.24) is 0 Å². The second-order valence-electron chi connectivity index (χ2n) is 46.8. The maximum absolute atomic E-state index is 8.21. The highest BCUT2D eigenvalue weighted by atomic mass is 35.5. The van der Waals surface area contributed by atoms with Crippen LogP contribution in [0.25, 0.3) is 0 Å². The van der Waals surface area contributed by atoms with Crippen molar-refractivity contribution in [3.8, 4) is 0 Å². The Bertz CT molecular complexity index is 5000. The topological polar surface area (TPSA) is 13.0 Å². The smallest absolute Gasteiger partial charge is 0.252 e. The van der Waals surface area contributed by atoms with Crippen LogP contribution in [-0.2, 0) is 54.1 Å². The molecule has 2 heterocycles. The molecule has 6 heteroatoms. The van der Waals surface area contributed by atoms with Gasteiger partial charge in [0, 0.05) is 56.9 Å². The van der Waals surface area contributed by atoms with Gasteiger partial charge in [-0.2, -0.15) is 0 Å². The van der Waals surface area contributed by atoms with Gasteiger partial charge in [0.2, 0.25) is 0 Å². The third kappa shape index (κ3) is 15.3. The Kier molecular flexibility index (Phi) is 20.2. The van der Waals surface area contributed by atoms with Crippen LogP contribution in [0.3, 0.4) is 0 Å². The number of fused-ring (bicyclic) bond motifs is 4. The average molecular weight is 1580 g/mol. The number of halogens is 1. The maximum Gasteiger partial charge on any atom is 0.252 e. The first-order valence-electron chi connectivity index (χ1n) is 45.4. The normalized spacial score (nSPS) is 22.6. The summed E-state index contributed by atoms with van der Waals surface area (Å²) in [7, 11) is 0. The van der Waals surface area contributed by atoms with E-state index < -0.39 is 0 Å². The first kappa shape index (κ1) is 82.1. The van der Waals surface area contributed by atoms with Gasteiger partial charge in [0.1, 0.15) is 0 Å². The van der Waals surface area contributed by atoms with Gasteiger partial charge in [-0.15, -0.1) is 0 Å². The average Bonchev–Trinajstić information content (AvgIpc) is 0.683. The molecule has 10 aromatic rings. The van der Waals surface area contributed by atoms with Crippen LogP contribution in [0.1, 0.15) is 299 Å². The highest BCUT2D eigenvalue weighted by molar-refractivity contribution is 7.00. The lowest BCUT2D eigenvalue weighted by molar-refractivity contribution is -0.00526. The molecule has 8 saturated carbocycles. The lowest BCUT2D eigenvalue weighted by Gasteiger charge is -2.57.